The van der Waals surface area contributed by atoms with Crippen LogP contribution in [0.4, 0.5) is 4.79 Å². The molecule has 1 aliphatic rings. The van der Waals surface area contributed by atoms with Crippen LogP contribution in [0.15, 0.2) is 36.1 Å². The number of amides is 2. The lowest BCUT2D eigenvalue weighted by atomic mass is 9.93. The molecule has 8 heteroatoms. The molecule has 1 atom stereocenters. The van der Waals surface area contributed by atoms with Gasteiger partial charge >= 0.3 is 12.0 Å². The molecule has 1 aromatic carbocycles. The lowest BCUT2D eigenvalue weighted by Crippen LogP contribution is -2.46. The topological polar surface area (TPSA) is 85.9 Å². The standard InChI is InChI=1S/C21H27ClN2O5/c1-5-9-15-17(20(25)28-8-4)18(24-21(26)23-15)13-11-14(22)19(29-10-6-2)16(12-13)27-7-3/h6,11-12,18H,2,5,7-10H2,1,3-4H3,(H2,23,24,26)/t18-/m1/s1. The van der Waals surface area contributed by atoms with Crippen LogP contribution < -0.4 is 20.1 Å². The SMILES string of the molecule is C=CCOc1c(Cl)cc([C@H]2NC(=O)NC(CCC)=C2C(=O)OCC)cc1OCC. The molecule has 7 nitrogen and oxygen atoms in total. The van der Waals surface area contributed by atoms with Crippen molar-refractivity contribution in [1.29, 1.82) is 0 Å². The van der Waals surface area contributed by atoms with Crippen molar-refractivity contribution in [2.75, 3.05) is 19.8 Å². The number of allylic oxidation sites excluding steroid dienone is 1. The quantitative estimate of drug-likeness (QED) is 0.434. The number of rotatable bonds is 10. The second-order valence-corrected chi connectivity index (χ2v) is 6.66. The number of benzene rings is 1. The molecule has 2 N–H and O–H groups in total. The van der Waals surface area contributed by atoms with Gasteiger partial charge in [-0.25, -0.2) is 9.59 Å². The van der Waals surface area contributed by atoms with Crippen LogP contribution in [0.1, 0.15) is 45.2 Å². The van der Waals surface area contributed by atoms with Crippen molar-refractivity contribution in [1.82, 2.24) is 10.6 Å². The largest absolute Gasteiger partial charge is 0.490 e. The Bertz CT molecular complexity index is 807. The molecule has 1 aromatic rings. The summed E-state index contributed by atoms with van der Waals surface area (Å²) in [6.45, 7) is 10.1. The van der Waals surface area contributed by atoms with Crippen molar-refractivity contribution in [2.45, 2.75) is 39.7 Å². The van der Waals surface area contributed by atoms with Gasteiger partial charge in [0.15, 0.2) is 11.5 Å². The molecule has 1 heterocycles. The molecule has 0 saturated carbocycles. The molecular formula is C21H27ClN2O5. The van der Waals surface area contributed by atoms with E-state index in [9.17, 15) is 9.59 Å². The minimum atomic E-state index is -0.727. The van der Waals surface area contributed by atoms with Crippen LogP contribution in [0.2, 0.25) is 5.02 Å². The summed E-state index contributed by atoms with van der Waals surface area (Å²) in [7, 11) is 0. The first-order valence-electron chi connectivity index (χ1n) is 9.64. The van der Waals surface area contributed by atoms with Crippen LogP contribution in [0.25, 0.3) is 0 Å². The van der Waals surface area contributed by atoms with E-state index in [4.69, 9.17) is 25.8 Å². The summed E-state index contributed by atoms with van der Waals surface area (Å²) in [5, 5.41) is 5.82. The van der Waals surface area contributed by atoms with Gasteiger partial charge in [-0.3, -0.25) is 0 Å². The van der Waals surface area contributed by atoms with Gasteiger partial charge in [0.1, 0.15) is 6.61 Å². The van der Waals surface area contributed by atoms with Gasteiger partial charge in [0.05, 0.1) is 29.9 Å². The number of ether oxygens (including phenoxy) is 3. The molecule has 0 radical (unpaired) electrons. The number of halogens is 1. The van der Waals surface area contributed by atoms with E-state index in [0.29, 0.717) is 46.4 Å². The predicted molar refractivity (Wildman–Crippen MR) is 111 cm³/mol. The van der Waals surface area contributed by atoms with E-state index in [1.54, 1.807) is 25.1 Å². The first kappa shape index (κ1) is 22.6. The van der Waals surface area contributed by atoms with Gasteiger partial charge in [-0.1, -0.05) is 37.6 Å². The zero-order valence-electron chi connectivity index (χ0n) is 17.0. The summed E-state index contributed by atoms with van der Waals surface area (Å²) in [5.74, 6) is 0.312. The highest BCUT2D eigenvalue weighted by atomic mass is 35.5. The number of carbonyl (C=O) groups excluding carboxylic acids is 2. The van der Waals surface area contributed by atoms with E-state index in [1.807, 2.05) is 13.8 Å². The summed E-state index contributed by atoms with van der Waals surface area (Å²) in [5.41, 5.74) is 1.49. The van der Waals surface area contributed by atoms with Gasteiger partial charge in [0.2, 0.25) is 0 Å². The summed E-state index contributed by atoms with van der Waals surface area (Å²) < 4.78 is 16.6. The third-order valence-electron chi connectivity index (χ3n) is 4.16. The normalized spacial score (nSPS) is 16.0. The lowest BCUT2D eigenvalue weighted by molar-refractivity contribution is -0.139. The van der Waals surface area contributed by atoms with E-state index in [1.165, 1.54) is 0 Å². The van der Waals surface area contributed by atoms with Crippen LogP contribution in [0.3, 0.4) is 0 Å². The molecule has 0 fully saturated rings. The number of hydrogen-bond donors (Lipinski definition) is 2. The minimum Gasteiger partial charge on any atom is -0.490 e. The molecule has 29 heavy (non-hydrogen) atoms. The van der Waals surface area contributed by atoms with Gasteiger partial charge in [0, 0.05) is 5.70 Å². The molecular weight excluding hydrogens is 396 g/mol. The zero-order chi connectivity index (χ0) is 21.4. The number of nitrogens with one attached hydrogen (secondary N) is 2. The van der Waals surface area contributed by atoms with Crippen molar-refractivity contribution >= 4 is 23.6 Å². The van der Waals surface area contributed by atoms with Crippen LogP contribution >= 0.6 is 11.6 Å². The minimum absolute atomic E-state index is 0.224. The molecule has 0 saturated heterocycles. The highest BCUT2D eigenvalue weighted by Gasteiger charge is 2.34. The lowest BCUT2D eigenvalue weighted by Gasteiger charge is -2.30. The Kier molecular flexibility index (Phi) is 8.39. The van der Waals surface area contributed by atoms with E-state index in [2.05, 4.69) is 17.2 Å². The van der Waals surface area contributed by atoms with Gasteiger partial charge < -0.3 is 24.8 Å². The van der Waals surface area contributed by atoms with Crippen LogP contribution in [-0.4, -0.2) is 31.8 Å². The average molecular weight is 423 g/mol. The van der Waals surface area contributed by atoms with Gasteiger partial charge in [-0.05, 0) is 38.0 Å². The Hall–Kier alpha value is -2.67. The first-order valence-corrected chi connectivity index (χ1v) is 10.0. The maximum absolute atomic E-state index is 12.7. The fourth-order valence-electron chi connectivity index (χ4n) is 3.06. The number of carbonyl (C=O) groups is 2. The molecule has 2 amide bonds. The molecule has 0 aromatic heterocycles. The van der Waals surface area contributed by atoms with Gasteiger partial charge in [0.25, 0.3) is 0 Å². The molecule has 158 valence electrons. The van der Waals surface area contributed by atoms with Crippen molar-refractivity contribution < 1.29 is 23.8 Å². The number of esters is 1. The third-order valence-corrected chi connectivity index (χ3v) is 4.44. The predicted octanol–water partition coefficient (Wildman–Crippen LogP) is 4.27. The van der Waals surface area contributed by atoms with Crippen molar-refractivity contribution in [2.24, 2.45) is 0 Å². The number of urea groups is 1. The molecule has 0 aliphatic carbocycles. The van der Waals surface area contributed by atoms with Crippen molar-refractivity contribution in [3.63, 3.8) is 0 Å². The van der Waals surface area contributed by atoms with E-state index in [-0.39, 0.29) is 13.2 Å². The maximum atomic E-state index is 12.7. The first-order chi connectivity index (χ1) is 14.0. The van der Waals surface area contributed by atoms with Crippen LogP contribution in [-0.2, 0) is 9.53 Å². The average Bonchev–Trinajstić information content (AvgIpc) is 2.67. The Morgan fingerprint density at radius 1 is 1.24 bits per heavy atom. The Morgan fingerprint density at radius 2 is 2.00 bits per heavy atom. The van der Waals surface area contributed by atoms with Gasteiger partial charge in [-0.15, -0.1) is 0 Å². The highest BCUT2D eigenvalue weighted by molar-refractivity contribution is 6.32. The van der Waals surface area contributed by atoms with Gasteiger partial charge in [-0.2, -0.15) is 0 Å². The number of hydrogen-bond acceptors (Lipinski definition) is 5. The molecule has 0 spiro atoms. The van der Waals surface area contributed by atoms with E-state index < -0.39 is 18.0 Å². The second kappa shape index (κ2) is 10.8. The molecule has 0 bridgehead atoms. The monoisotopic (exact) mass is 422 g/mol. The van der Waals surface area contributed by atoms with E-state index in [0.717, 1.165) is 6.42 Å². The molecule has 2 rings (SSSR count). The second-order valence-electron chi connectivity index (χ2n) is 6.26. The Labute approximate surface area is 176 Å². The Morgan fingerprint density at radius 3 is 2.62 bits per heavy atom. The van der Waals surface area contributed by atoms with Crippen molar-refractivity contribution in [3.8, 4) is 11.5 Å². The van der Waals surface area contributed by atoms with Crippen molar-refractivity contribution in [3.05, 3.63) is 46.6 Å². The fraction of sp³-hybridized carbons (Fsp3) is 0.429. The highest BCUT2D eigenvalue weighted by Crippen LogP contribution is 2.40. The summed E-state index contributed by atoms with van der Waals surface area (Å²) in [6, 6.07) is 2.25. The molecule has 0 unspecified atom stereocenters. The Balaban J connectivity index is 2.58. The summed E-state index contributed by atoms with van der Waals surface area (Å²) in [4.78, 5) is 25.0. The van der Waals surface area contributed by atoms with Crippen LogP contribution in [0, 0.1) is 0 Å². The molecule has 1 aliphatic heterocycles. The summed E-state index contributed by atoms with van der Waals surface area (Å²) in [6.07, 6.45) is 2.89. The zero-order valence-corrected chi connectivity index (χ0v) is 17.7. The smallest absolute Gasteiger partial charge is 0.338 e. The maximum Gasteiger partial charge on any atom is 0.338 e. The van der Waals surface area contributed by atoms with Crippen LogP contribution in [0.5, 0.6) is 11.5 Å². The summed E-state index contributed by atoms with van der Waals surface area (Å²) >= 11 is 6.45. The third kappa shape index (κ3) is 5.44. The fourth-order valence-corrected chi connectivity index (χ4v) is 3.34. The van der Waals surface area contributed by atoms with E-state index >= 15 is 0 Å².